The van der Waals surface area contributed by atoms with Crippen LogP contribution in [0.4, 0.5) is 0 Å². The summed E-state index contributed by atoms with van der Waals surface area (Å²) in [6.07, 6.45) is 0. The molecule has 0 radical (unpaired) electrons. The summed E-state index contributed by atoms with van der Waals surface area (Å²) >= 11 is 0. The molecule has 1 aromatic carbocycles. The fourth-order valence-electron chi connectivity index (χ4n) is 1.50. The molecule has 0 spiro atoms. The quantitative estimate of drug-likeness (QED) is 0.826. The summed E-state index contributed by atoms with van der Waals surface area (Å²) in [5.41, 5.74) is -0.104. The first-order valence-electron chi connectivity index (χ1n) is 5.80. The lowest BCUT2D eigenvalue weighted by Crippen LogP contribution is -2.30. The number of ether oxygens (including phenoxy) is 1. The third kappa shape index (κ3) is 3.93. The number of nitrogens with one attached hydrogen (secondary N) is 1. The van der Waals surface area contributed by atoms with Crippen molar-refractivity contribution >= 4 is 16.0 Å². The van der Waals surface area contributed by atoms with E-state index in [1.54, 1.807) is 20.8 Å². The molecule has 2 N–H and O–H groups in total. The van der Waals surface area contributed by atoms with E-state index in [2.05, 4.69) is 4.72 Å². The molecule has 0 unspecified atom stereocenters. The third-order valence-electron chi connectivity index (χ3n) is 2.17. The summed E-state index contributed by atoms with van der Waals surface area (Å²) in [6, 6.07) is 3.45. The Kier molecular flexibility index (Phi) is 4.90. The van der Waals surface area contributed by atoms with E-state index >= 15 is 0 Å². The molecule has 0 heterocycles. The monoisotopic (exact) mass is 287 g/mol. The van der Waals surface area contributed by atoms with E-state index in [9.17, 15) is 13.2 Å². The second-order valence-corrected chi connectivity index (χ2v) is 5.86. The van der Waals surface area contributed by atoms with Crippen molar-refractivity contribution < 1.29 is 23.1 Å². The largest absolute Gasteiger partial charge is 0.492 e. The van der Waals surface area contributed by atoms with Crippen LogP contribution in [0.1, 0.15) is 31.1 Å². The Bertz CT molecular complexity index is 565. The zero-order valence-corrected chi connectivity index (χ0v) is 11.8. The summed E-state index contributed by atoms with van der Waals surface area (Å²) < 4.78 is 31.9. The van der Waals surface area contributed by atoms with E-state index in [0.29, 0.717) is 0 Å². The smallest absolute Gasteiger partial charge is 0.335 e. The highest BCUT2D eigenvalue weighted by atomic mass is 32.2. The molecule has 1 rings (SSSR count). The number of hydrogen-bond donors (Lipinski definition) is 2. The lowest BCUT2D eigenvalue weighted by molar-refractivity contribution is 0.0696. The minimum atomic E-state index is -3.81. The number of aromatic carboxylic acids is 1. The summed E-state index contributed by atoms with van der Waals surface area (Å²) in [4.78, 5) is 10.8. The third-order valence-corrected chi connectivity index (χ3v) is 3.85. The van der Waals surface area contributed by atoms with Gasteiger partial charge in [-0.15, -0.1) is 0 Å². The first kappa shape index (κ1) is 15.5. The highest BCUT2D eigenvalue weighted by Crippen LogP contribution is 2.25. The van der Waals surface area contributed by atoms with E-state index < -0.39 is 16.0 Å². The van der Waals surface area contributed by atoms with Gasteiger partial charge in [0.2, 0.25) is 10.0 Å². The predicted molar refractivity (Wildman–Crippen MR) is 70.0 cm³/mol. The van der Waals surface area contributed by atoms with Gasteiger partial charge in [-0.25, -0.2) is 17.9 Å². The predicted octanol–water partition coefficient (Wildman–Crippen LogP) is 1.47. The average molecular weight is 287 g/mol. The molecule has 0 aliphatic carbocycles. The Morgan fingerprint density at radius 2 is 2.05 bits per heavy atom. The van der Waals surface area contributed by atoms with E-state index in [1.807, 2.05) is 0 Å². The van der Waals surface area contributed by atoms with Crippen LogP contribution in [0.25, 0.3) is 0 Å². The molecule has 19 heavy (non-hydrogen) atoms. The number of benzene rings is 1. The fraction of sp³-hybridized carbons (Fsp3) is 0.417. The Morgan fingerprint density at radius 3 is 2.53 bits per heavy atom. The zero-order valence-electron chi connectivity index (χ0n) is 11.0. The van der Waals surface area contributed by atoms with Crippen molar-refractivity contribution in [3.05, 3.63) is 23.8 Å². The fourth-order valence-corrected chi connectivity index (χ4v) is 2.92. The molecule has 6 nitrogen and oxygen atoms in total. The van der Waals surface area contributed by atoms with Crippen molar-refractivity contribution in [1.82, 2.24) is 4.72 Å². The molecule has 0 aliphatic rings. The molecule has 0 fully saturated rings. The van der Waals surface area contributed by atoms with Crippen molar-refractivity contribution in [1.29, 1.82) is 0 Å². The number of hydrogen-bond acceptors (Lipinski definition) is 4. The standard InChI is InChI=1S/C12H17NO5S/c1-4-18-10-6-5-9(12(14)15)7-11(10)19(16,17)13-8(2)3/h5-8,13H,4H2,1-3H3,(H,14,15). The molecule has 0 aromatic heterocycles. The van der Waals surface area contributed by atoms with Gasteiger partial charge in [0.1, 0.15) is 10.6 Å². The van der Waals surface area contributed by atoms with Gasteiger partial charge in [0.25, 0.3) is 0 Å². The van der Waals surface area contributed by atoms with Crippen LogP contribution in [-0.4, -0.2) is 32.1 Å². The topological polar surface area (TPSA) is 92.7 Å². The molecule has 1 aromatic rings. The summed E-state index contributed by atoms with van der Waals surface area (Å²) in [5.74, 6) is -1.05. The number of sulfonamides is 1. The van der Waals surface area contributed by atoms with Crippen LogP contribution in [0, 0.1) is 0 Å². The van der Waals surface area contributed by atoms with Crippen LogP contribution in [-0.2, 0) is 10.0 Å². The Hall–Kier alpha value is -1.60. The molecule has 0 saturated carbocycles. The lowest BCUT2D eigenvalue weighted by Gasteiger charge is -2.14. The minimum Gasteiger partial charge on any atom is -0.492 e. The average Bonchev–Trinajstić information content (AvgIpc) is 2.27. The van der Waals surface area contributed by atoms with Gasteiger partial charge in [-0.2, -0.15) is 0 Å². The van der Waals surface area contributed by atoms with Gasteiger partial charge in [-0.1, -0.05) is 0 Å². The SMILES string of the molecule is CCOc1ccc(C(=O)O)cc1S(=O)(=O)NC(C)C. The van der Waals surface area contributed by atoms with Gasteiger partial charge >= 0.3 is 5.97 Å². The molecule has 0 aliphatic heterocycles. The highest BCUT2D eigenvalue weighted by molar-refractivity contribution is 7.89. The Balaban J connectivity index is 3.36. The second-order valence-electron chi connectivity index (χ2n) is 4.18. The van der Waals surface area contributed by atoms with E-state index in [-0.39, 0.29) is 28.9 Å². The molecule has 7 heteroatoms. The summed E-state index contributed by atoms with van der Waals surface area (Å²) in [5, 5.41) is 8.92. The van der Waals surface area contributed by atoms with Gasteiger partial charge in [-0.05, 0) is 39.0 Å². The second kappa shape index (κ2) is 6.03. The van der Waals surface area contributed by atoms with Crippen LogP contribution in [0.3, 0.4) is 0 Å². The van der Waals surface area contributed by atoms with Gasteiger partial charge < -0.3 is 9.84 Å². The summed E-state index contributed by atoms with van der Waals surface area (Å²) in [6.45, 7) is 5.37. The first-order valence-corrected chi connectivity index (χ1v) is 7.28. The highest BCUT2D eigenvalue weighted by Gasteiger charge is 2.22. The number of carboxylic acids is 1. The van der Waals surface area contributed by atoms with Gasteiger partial charge in [-0.3, -0.25) is 0 Å². The van der Waals surface area contributed by atoms with Gasteiger partial charge in [0.05, 0.1) is 12.2 Å². The molecular formula is C12H17NO5S. The van der Waals surface area contributed by atoms with Crippen molar-refractivity contribution in [3.8, 4) is 5.75 Å². The van der Waals surface area contributed by atoms with Gasteiger partial charge in [0.15, 0.2) is 0 Å². The maximum Gasteiger partial charge on any atom is 0.335 e. The number of carbonyl (C=O) groups is 1. The maximum atomic E-state index is 12.1. The molecule has 106 valence electrons. The zero-order chi connectivity index (χ0) is 14.6. The van der Waals surface area contributed by atoms with Crippen molar-refractivity contribution in [2.75, 3.05) is 6.61 Å². The van der Waals surface area contributed by atoms with Crippen LogP contribution >= 0.6 is 0 Å². The maximum absolute atomic E-state index is 12.1. The Labute approximate surface area is 112 Å². The van der Waals surface area contributed by atoms with Crippen molar-refractivity contribution in [3.63, 3.8) is 0 Å². The molecule has 0 bridgehead atoms. The van der Waals surface area contributed by atoms with Crippen LogP contribution < -0.4 is 9.46 Å². The normalized spacial score (nSPS) is 11.6. The molecular weight excluding hydrogens is 270 g/mol. The molecule has 0 saturated heterocycles. The lowest BCUT2D eigenvalue weighted by atomic mass is 10.2. The van der Waals surface area contributed by atoms with Crippen molar-refractivity contribution in [2.24, 2.45) is 0 Å². The summed E-state index contributed by atoms with van der Waals surface area (Å²) in [7, 11) is -3.81. The number of carboxylic acid groups (broad SMARTS) is 1. The van der Waals surface area contributed by atoms with Crippen LogP contribution in [0.2, 0.25) is 0 Å². The van der Waals surface area contributed by atoms with Crippen molar-refractivity contribution in [2.45, 2.75) is 31.7 Å². The Morgan fingerprint density at radius 1 is 1.42 bits per heavy atom. The van der Waals surface area contributed by atoms with Crippen LogP contribution in [0.15, 0.2) is 23.1 Å². The van der Waals surface area contributed by atoms with E-state index in [1.165, 1.54) is 12.1 Å². The number of rotatable bonds is 6. The minimum absolute atomic E-state index is 0.104. The molecule has 0 atom stereocenters. The van der Waals surface area contributed by atoms with E-state index in [0.717, 1.165) is 6.07 Å². The first-order chi connectivity index (χ1) is 8.77. The van der Waals surface area contributed by atoms with Crippen LogP contribution in [0.5, 0.6) is 5.75 Å². The van der Waals surface area contributed by atoms with Gasteiger partial charge in [0, 0.05) is 6.04 Å². The molecule has 0 amide bonds. The van der Waals surface area contributed by atoms with E-state index in [4.69, 9.17) is 9.84 Å².